The van der Waals surface area contributed by atoms with Crippen LogP contribution in [0.2, 0.25) is 0 Å². The van der Waals surface area contributed by atoms with Gasteiger partial charge in [-0.15, -0.1) is 0 Å². The molecule has 0 atom stereocenters. The normalized spacial score (nSPS) is 16.4. The Balaban J connectivity index is 1.51. The van der Waals surface area contributed by atoms with Gasteiger partial charge in [0.25, 0.3) is 0 Å². The van der Waals surface area contributed by atoms with E-state index in [0.29, 0.717) is 10.9 Å². The van der Waals surface area contributed by atoms with Gasteiger partial charge in [-0.1, -0.05) is 0 Å². The Morgan fingerprint density at radius 2 is 2.30 bits per heavy atom. The van der Waals surface area contributed by atoms with Crippen molar-refractivity contribution < 1.29 is 9.15 Å². The van der Waals surface area contributed by atoms with Gasteiger partial charge in [0.2, 0.25) is 0 Å². The number of hydrogen-bond donors (Lipinski definition) is 2. The second-order valence-electron chi connectivity index (χ2n) is 4.45. The SMILES string of the molecule is S=C(NCCCN1CCOCC1)N/N=C\c1ccco1. The van der Waals surface area contributed by atoms with Crippen LogP contribution in [-0.4, -0.2) is 55.6 Å². The number of nitrogens with zero attached hydrogens (tertiary/aromatic N) is 2. The Kier molecular flexibility index (Phi) is 6.49. The predicted molar refractivity (Wildman–Crippen MR) is 81.9 cm³/mol. The Morgan fingerprint density at radius 1 is 1.45 bits per heavy atom. The first-order valence-electron chi connectivity index (χ1n) is 6.75. The van der Waals surface area contributed by atoms with E-state index >= 15 is 0 Å². The number of thiocarbonyl (C=S) groups is 1. The molecule has 1 aromatic rings. The highest BCUT2D eigenvalue weighted by Gasteiger charge is 2.08. The van der Waals surface area contributed by atoms with Crippen LogP contribution in [0.5, 0.6) is 0 Å². The smallest absolute Gasteiger partial charge is 0.186 e. The molecule has 2 N–H and O–H groups in total. The predicted octanol–water partition coefficient (Wildman–Crippen LogP) is 0.800. The summed E-state index contributed by atoms with van der Waals surface area (Å²) in [6.07, 6.45) is 4.23. The summed E-state index contributed by atoms with van der Waals surface area (Å²) < 4.78 is 10.4. The third kappa shape index (κ3) is 5.68. The molecule has 2 heterocycles. The van der Waals surface area contributed by atoms with Gasteiger partial charge in [-0.2, -0.15) is 5.10 Å². The van der Waals surface area contributed by atoms with Crippen LogP contribution in [0.25, 0.3) is 0 Å². The molecule has 0 saturated carbocycles. The average Bonchev–Trinajstić information content (AvgIpc) is 2.98. The van der Waals surface area contributed by atoms with Crippen molar-refractivity contribution in [3.8, 4) is 0 Å². The number of morpholine rings is 1. The standard InChI is InChI=1S/C13H20N4O2S/c20-13(16-15-11-12-3-1-8-19-12)14-4-2-5-17-6-9-18-10-7-17/h1,3,8,11H,2,4-7,9-10H2,(H2,14,16,20)/b15-11-. The van der Waals surface area contributed by atoms with Gasteiger partial charge in [0.1, 0.15) is 5.76 Å². The quantitative estimate of drug-likeness (QED) is 0.350. The summed E-state index contributed by atoms with van der Waals surface area (Å²) >= 11 is 5.12. The molecule has 1 aliphatic heterocycles. The Hall–Kier alpha value is -1.44. The average molecular weight is 296 g/mol. The van der Waals surface area contributed by atoms with Gasteiger partial charge in [0, 0.05) is 19.6 Å². The van der Waals surface area contributed by atoms with Crippen molar-refractivity contribution in [1.82, 2.24) is 15.6 Å². The van der Waals surface area contributed by atoms with Crippen molar-refractivity contribution in [1.29, 1.82) is 0 Å². The number of hydrazone groups is 1. The maximum Gasteiger partial charge on any atom is 0.186 e. The van der Waals surface area contributed by atoms with Crippen molar-refractivity contribution in [2.45, 2.75) is 6.42 Å². The van der Waals surface area contributed by atoms with Gasteiger partial charge in [0.05, 0.1) is 25.7 Å². The number of furan rings is 1. The zero-order valence-corrected chi connectivity index (χ0v) is 12.2. The largest absolute Gasteiger partial charge is 0.463 e. The molecule has 1 saturated heterocycles. The van der Waals surface area contributed by atoms with E-state index in [9.17, 15) is 0 Å². The minimum atomic E-state index is 0.523. The molecule has 1 fully saturated rings. The van der Waals surface area contributed by atoms with Crippen LogP contribution in [-0.2, 0) is 4.74 Å². The molecule has 1 aromatic heterocycles. The van der Waals surface area contributed by atoms with Crippen LogP contribution in [0.3, 0.4) is 0 Å². The van der Waals surface area contributed by atoms with Gasteiger partial charge < -0.3 is 14.5 Å². The highest BCUT2D eigenvalue weighted by Crippen LogP contribution is 1.97. The van der Waals surface area contributed by atoms with Crippen LogP contribution in [0.15, 0.2) is 27.9 Å². The molecule has 7 heteroatoms. The lowest BCUT2D eigenvalue weighted by molar-refractivity contribution is 0.0376. The summed E-state index contributed by atoms with van der Waals surface area (Å²) in [5.74, 6) is 0.688. The first-order chi connectivity index (χ1) is 9.84. The first kappa shape index (κ1) is 15.0. The molecule has 1 aliphatic rings. The van der Waals surface area contributed by atoms with Crippen LogP contribution < -0.4 is 10.7 Å². The molecule has 110 valence electrons. The second kappa shape index (κ2) is 8.68. The van der Waals surface area contributed by atoms with Crippen LogP contribution in [0.1, 0.15) is 12.2 Å². The van der Waals surface area contributed by atoms with Crippen LogP contribution in [0, 0.1) is 0 Å². The Bertz CT molecular complexity index is 416. The van der Waals surface area contributed by atoms with Crippen LogP contribution >= 0.6 is 12.2 Å². The molecule has 0 radical (unpaired) electrons. The highest BCUT2D eigenvalue weighted by atomic mass is 32.1. The monoisotopic (exact) mass is 296 g/mol. The molecular weight excluding hydrogens is 276 g/mol. The van der Waals surface area contributed by atoms with Gasteiger partial charge in [-0.05, 0) is 37.3 Å². The maximum atomic E-state index is 5.31. The van der Waals surface area contributed by atoms with Crippen molar-refractivity contribution in [2.75, 3.05) is 39.4 Å². The second-order valence-corrected chi connectivity index (χ2v) is 4.86. The highest BCUT2D eigenvalue weighted by molar-refractivity contribution is 7.80. The first-order valence-corrected chi connectivity index (χ1v) is 7.16. The zero-order chi connectivity index (χ0) is 14.0. The lowest BCUT2D eigenvalue weighted by Crippen LogP contribution is -2.39. The van der Waals surface area contributed by atoms with E-state index in [-0.39, 0.29) is 0 Å². The lowest BCUT2D eigenvalue weighted by Gasteiger charge is -2.26. The van der Waals surface area contributed by atoms with Crippen molar-refractivity contribution in [3.63, 3.8) is 0 Å². The van der Waals surface area contributed by atoms with Crippen LogP contribution in [0.4, 0.5) is 0 Å². The summed E-state index contributed by atoms with van der Waals surface area (Å²) in [5.41, 5.74) is 2.76. The molecule has 0 bridgehead atoms. The van der Waals surface area contributed by atoms with Gasteiger partial charge in [-0.25, -0.2) is 0 Å². The third-order valence-electron chi connectivity index (χ3n) is 2.94. The van der Waals surface area contributed by atoms with E-state index in [1.165, 1.54) is 0 Å². The Labute approximate surface area is 124 Å². The van der Waals surface area contributed by atoms with E-state index in [1.54, 1.807) is 12.5 Å². The molecule has 20 heavy (non-hydrogen) atoms. The van der Waals surface area contributed by atoms with E-state index in [2.05, 4.69) is 20.7 Å². The van der Waals surface area contributed by atoms with Crippen molar-refractivity contribution in [2.24, 2.45) is 5.10 Å². The number of rotatable bonds is 6. The molecule has 0 unspecified atom stereocenters. The number of hydrogen-bond acceptors (Lipinski definition) is 5. The van der Waals surface area contributed by atoms with E-state index in [4.69, 9.17) is 21.4 Å². The molecular formula is C13H20N4O2S. The molecule has 6 nitrogen and oxygen atoms in total. The van der Waals surface area contributed by atoms with E-state index in [0.717, 1.165) is 45.8 Å². The number of ether oxygens (including phenoxy) is 1. The van der Waals surface area contributed by atoms with Crippen molar-refractivity contribution in [3.05, 3.63) is 24.2 Å². The fraction of sp³-hybridized carbons (Fsp3) is 0.538. The fourth-order valence-corrected chi connectivity index (χ4v) is 2.04. The Morgan fingerprint density at radius 3 is 3.05 bits per heavy atom. The molecule has 0 spiro atoms. The van der Waals surface area contributed by atoms with E-state index < -0.39 is 0 Å². The molecule has 0 aliphatic carbocycles. The minimum Gasteiger partial charge on any atom is -0.463 e. The summed E-state index contributed by atoms with van der Waals surface area (Å²) in [7, 11) is 0. The summed E-state index contributed by atoms with van der Waals surface area (Å²) in [4.78, 5) is 2.40. The molecule has 0 amide bonds. The fourth-order valence-electron chi connectivity index (χ4n) is 1.89. The maximum absolute atomic E-state index is 5.31. The van der Waals surface area contributed by atoms with E-state index in [1.807, 2.05) is 12.1 Å². The van der Waals surface area contributed by atoms with Crippen molar-refractivity contribution >= 4 is 23.5 Å². The summed E-state index contributed by atoms with van der Waals surface area (Å²) in [6.45, 7) is 5.63. The topological polar surface area (TPSA) is 62.0 Å². The van der Waals surface area contributed by atoms with Gasteiger partial charge in [-0.3, -0.25) is 10.3 Å². The minimum absolute atomic E-state index is 0.523. The summed E-state index contributed by atoms with van der Waals surface area (Å²) in [6, 6.07) is 3.63. The number of nitrogens with one attached hydrogen (secondary N) is 2. The zero-order valence-electron chi connectivity index (χ0n) is 11.4. The molecule has 0 aromatic carbocycles. The summed E-state index contributed by atoms with van der Waals surface area (Å²) in [5, 5.41) is 7.63. The third-order valence-corrected chi connectivity index (χ3v) is 3.18. The molecule has 2 rings (SSSR count). The van der Waals surface area contributed by atoms with Gasteiger partial charge >= 0.3 is 0 Å². The lowest BCUT2D eigenvalue weighted by atomic mass is 10.3. The van der Waals surface area contributed by atoms with Gasteiger partial charge in [0.15, 0.2) is 5.11 Å².